The molecule has 0 saturated carbocycles. The van der Waals surface area contributed by atoms with Gasteiger partial charge < -0.3 is 9.26 Å². The first-order valence-electron chi connectivity index (χ1n) is 7.26. The molecule has 0 saturated heterocycles. The minimum absolute atomic E-state index is 0.179. The molecule has 2 heterocycles. The maximum absolute atomic E-state index is 13.4. The monoisotopic (exact) mass is 330 g/mol. The van der Waals surface area contributed by atoms with E-state index in [9.17, 15) is 9.18 Å². The van der Waals surface area contributed by atoms with E-state index in [0.29, 0.717) is 35.8 Å². The van der Waals surface area contributed by atoms with Crippen molar-refractivity contribution in [2.24, 2.45) is 0 Å². The van der Waals surface area contributed by atoms with E-state index in [1.165, 1.54) is 22.9 Å². The van der Waals surface area contributed by atoms with Crippen LogP contribution in [0.2, 0.25) is 0 Å². The van der Waals surface area contributed by atoms with Gasteiger partial charge in [0.05, 0.1) is 13.2 Å². The van der Waals surface area contributed by atoms with Crippen molar-refractivity contribution in [2.75, 3.05) is 13.7 Å². The molecule has 3 aromatic rings. The van der Waals surface area contributed by atoms with Crippen molar-refractivity contribution in [3.05, 3.63) is 52.1 Å². The molecule has 0 aliphatic rings. The summed E-state index contributed by atoms with van der Waals surface area (Å²) in [5.74, 6) is 0.206. The van der Waals surface area contributed by atoms with Gasteiger partial charge in [-0.15, -0.1) is 0 Å². The van der Waals surface area contributed by atoms with E-state index < -0.39 is 0 Å². The van der Waals surface area contributed by atoms with Crippen molar-refractivity contribution in [3.63, 3.8) is 0 Å². The number of rotatable bonds is 5. The number of hydrogen-bond donors (Lipinski definition) is 0. The van der Waals surface area contributed by atoms with Gasteiger partial charge in [0.2, 0.25) is 5.82 Å². The number of aromatic nitrogens is 4. The van der Waals surface area contributed by atoms with Crippen molar-refractivity contribution in [1.29, 1.82) is 0 Å². The Morgan fingerprint density at radius 3 is 2.88 bits per heavy atom. The fourth-order valence-electron chi connectivity index (χ4n) is 2.13. The summed E-state index contributed by atoms with van der Waals surface area (Å²) in [5, 5.41) is 8.07. The molecular formula is C16H15FN4O3. The Hall–Kier alpha value is -2.87. The predicted molar refractivity (Wildman–Crippen MR) is 83.8 cm³/mol. The van der Waals surface area contributed by atoms with Crippen molar-refractivity contribution >= 4 is 0 Å². The minimum atomic E-state index is -0.297. The highest BCUT2D eigenvalue weighted by Gasteiger charge is 2.14. The minimum Gasteiger partial charge on any atom is -0.383 e. The molecule has 124 valence electrons. The Morgan fingerprint density at radius 1 is 1.29 bits per heavy atom. The van der Waals surface area contributed by atoms with Crippen molar-refractivity contribution in [2.45, 2.75) is 13.5 Å². The molecule has 0 fully saturated rings. The lowest BCUT2D eigenvalue weighted by molar-refractivity contribution is 0.182. The van der Waals surface area contributed by atoms with Gasteiger partial charge in [-0.3, -0.25) is 4.79 Å². The second-order valence-electron chi connectivity index (χ2n) is 5.16. The predicted octanol–water partition coefficient (Wildman–Crippen LogP) is 2.05. The van der Waals surface area contributed by atoms with Crippen LogP contribution in [0.1, 0.15) is 5.56 Å². The van der Waals surface area contributed by atoms with Gasteiger partial charge in [-0.05, 0) is 36.8 Å². The molecule has 0 radical (unpaired) electrons. The molecule has 8 heteroatoms. The van der Waals surface area contributed by atoms with Gasteiger partial charge in [-0.25, -0.2) is 9.07 Å². The quantitative estimate of drug-likeness (QED) is 0.712. The summed E-state index contributed by atoms with van der Waals surface area (Å²) in [6, 6.07) is 7.45. The molecule has 0 spiro atoms. The number of benzene rings is 1. The second kappa shape index (κ2) is 6.71. The van der Waals surface area contributed by atoms with Crippen LogP contribution in [0.4, 0.5) is 4.39 Å². The van der Waals surface area contributed by atoms with Gasteiger partial charge in [-0.2, -0.15) is 10.1 Å². The van der Waals surface area contributed by atoms with Crippen LogP contribution in [0.15, 0.2) is 39.6 Å². The lowest BCUT2D eigenvalue weighted by Gasteiger charge is -2.03. The Kier molecular flexibility index (Phi) is 4.48. The van der Waals surface area contributed by atoms with Crippen LogP contribution in [-0.4, -0.2) is 33.6 Å². The van der Waals surface area contributed by atoms with E-state index in [0.717, 1.165) is 0 Å². The van der Waals surface area contributed by atoms with Gasteiger partial charge in [0.1, 0.15) is 11.5 Å². The summed E-state index contributed by atoms with van der Waals surface area (Å²) in [7, 11) is 1.55. The summed E-state index contributed by atoms with van der Waals surface area (Å²) in [6.45, 7) is 2.34. The number of aryl methyl sites for hydroxylation is 1. The lowest BCUT2D eigenvalue weighted by Crippen LogP contribution is -2.24. The van der Waals surface area contributed by atoms with Crippen LogP contribution in [0.3, 0.4) is 0 Å². The van der Waals surface area contributed by atoms with E-state index in [4.69, 9.17) is 9.26 Å². The molecule has 3 rings (SSSR count). The Morgan fingerprint density at radius 2 is 2.12 bits per heavy atom. The summed E-state index contributed by atoms with van der Waals surface area (Å²) in [6.07, 6.45) is 0. The molecule has 1 aromatic carbocycles. The number of nitrogens with zero attached hydrogens (tertiary/aromatic N) is 4. The second-order valence-corrected chi connectivity index (χ2v) is 5.16. The first-order chi connectivity index (χ1) is 11.6. The molecule has 0 N–H and O–H groups in total. The summed E-state index contributed by atoms with van der Waals surface area (Å²) >= 11 is 0. The van der Waals surface area contributed by atoms with E-state index in [-0.39, 0.29) is 17.3 Å². The molecule has 2 aromatic heterocycles. The third-order valence-electron chi connectivity index (χ3n) is 3.44. The highest BCUT2D eigenvalue weighted by Crippen LogP contribution is 2.22. The highest BCUT2D eigenvalue weighted by molar-refractivity contribution is 5.58. The van der Waals surface area contributed by atoms with Crippen molar-refractivity contribution in [1.82, 2.24) is 19.9 Å². The number of hydrogen-bond acceptors (Lipinski definition) is 6. The molecule has 0 aliphatic heterocycles. The third kappa shape index (κ3) is 3.23. The topological polar surface area (TPSA) is 83.0 Å². The average molecular weight is 330 g/mol. The van der Waals surface area contributed by atoms with Crippen molar-refractivity contribution in [3.8, 4) is 23.0 Å². The molecule has 0 atom stereocenters. The Balaban J connectivity index is 1.93. The third-order valence-corrected chi connectivity index (χ3v) is 3.44. The van der Waals surface area contributed by atoms with Crippen LogP contribution < -0.4 is 5.56 Å². The molecule has 24 heavy (non-hydrogen) atoms. The standard InChI is InChI=1S/C16H15FN4O3/c1-10-9-11(3-4-12(10)17)15-18-16(24-20-15)13-5-6-14(22)21(19-13)7-8-23-2/h3-6,9H,7-8H2,1-2H3. The molecule has 0 unspecified atom stereocenters. The first-order valence-corrected chi connectivity index (χ1v) is 7.26. The van der Waals surface area contributed by atoms with Crippen LogP contribution in [-0.2, 0) is 11.3 Å². The number of methoxy groups -OCH3 is 1. The number of halogens is 1. The average Bonchev–Trinajstić information content (AvgIpc) is 3.06. The SMILES string of the molecule is COCCn1nc(-c2nc(-c3ccc(F)c(C)c3)no2)ccc1=O. The van der Waals surface area contributed by atoms with E-state index in [1.54, 1.807) is 26.2 Å². The lowest BCUT2D eigenvalue weighted by atomic mass is 10.1. The largest absolute Gasteiger partial charge is 0.383 e. The van der Waals surface area contributed by atoms with Crippen LogP contribution in [0.5, 0.6) is 0 Å². The molecule has 0 amide bonds. The summed E-state index contributed by atoms with van der Waals surface area (Å²) < 4.78 is 24.8. The van der Waals surface area contributed by atoms with Gasteiger partial charge >= 0.3 is 0 Å². The molecule has 0 aliphatic carbocycles. The fraction of sp³-hybridized carbons (Fsp3) is 0.250. The Bertz CT molecular complexity index is 920. The zero-order valence-electron chi connectivity index (χ0n) is 13.2. The van der Waals surface area contributed by atoms with Gasteiger partial charge in [0.15, 0.2) is 0 Å². The molecule has 0 bridgehead atoms. The van der Waals surface area contributed by atoms with E-state index in [2.05, 4.69) is 15.2 Å². The van der Waals surface area contributed by atoms with Crippen LogP contribution >= 0.6 is 0 Å². The molecule has 7 nitrogen and oxygen atoms in total. The number of ether oxygens (including phenoxy) is 1. The summed E-state index contributed by atoms with van der Waals surface area (Å²) in [5.41, 5.74) is 1.26. The first kappa shape index (κ1) is 16.0. The van der Waals surface area contributed by atoms with Gasteiger partial charge in [0, 0.05) is 18.7 Å². The normalized spacial score (nSPS) is 11.0. The Labute approximate surface area is 136 Å². The molecular weight excluding hydrogens is 315 g/mol. The van der Waals surface area contributed by atoms with Crippen LogP contribution in [0, 0.1) is 12.7 Å². The van der Waals surface area contributed by atoms with Gasteiger partial charge in [-0.1, -0.05) is 5.16 Å². The van der Waals surface area contributed by atoms with E-state index >= 15 is 0 Å². The summed E-state index contributed by atoms with van der Waals surface area (Å²) in [4.78, 5) is 16.0. The van der Waals surface area contributed by atoms with Crippen LogP contribution in [0.25, 0.3) is 23.0 Å². The smallest absolute Gasteiger partial charge is 0.278 e. The maximum Gasteiger partial charge on any atom is 0.278 e. The van der Waals surface area contributed by atoms with E-state index in [1.807, 2.05) is 0 Å². The fourth-order valence-corrected chi connectivity index (χ4v) is 2.13. The van der Waals surface area contributed by atoms with Gasteiger partial charge in [0.25, 0.3) is 11.4 Å². The zero-order chi connectivity index (χ0) is 17.1. The zero-order valence-corrected chi connectivity index (χ0v) is 13.2. The highest BCUT2D eigenvalue weighted by atomic mass is 19.1. The maximum atomic E-state index is 13.4. The van der Waals surface area contributed by atoms with Crippen molar-refractivity contribution < 1.29 is 13.7 Å².